The van der Waals surface area contributed by atoms with Crippen LogP contribution in [0.2, 0.25) is 0 Å². The average Bonchev–Trinajstić information content (AvgIpc) is 3.39. The molecule has 0 spiro atoms. The molecular formula is C19H18F3NO3. The Balaban J connectivity index is 1.75. The Hall–Kier alpha value is -2.57. The predicted octanol–water partition coefficient (Wildman–Crippen LogP) is 4.88. The normalized spacial score (nSPS) is 15.4. The second-order valence-electron chi connectivity index (χ2n) is 6.33. The summed E-state index contributed by atoms with van der Waals surface area (Å²) >= 11 is 0. The van der Waals surface area contributed by atoms with Crippen molar-refractivity contribution in [2.24, 2.45) is 0 Å². The van der Waals surface area contributed by atoms with Crippen LogP contribution in [0.25, 0.3) is 0 Å². The molecule has 26 heavy (non-hydrogen) atoms. The number of hydrogen-bond acceptors (Lipinski definition) is 4. The highest BCUT2D eigenvalue weighted by Gasteiger charge is 2.59. The van der Waals surface area contributed by atoms with E-state index in [0.29, 0.717) is 18.4 Å². The van der Waals surface area contributed by atoms with Crippen LogP contribution in [-0.2, 0) is 10.2 Å². The van der Waals surface area contributed by atoms with Crippen LogP contribution in [0.1, 0.15) is 42.6 Å². The third-order valence-electron chi connectivity index (χ3n) is 4.53. The molecule has 0 aliphatic heterocycles. The van der Waals surface area contributed by atoms with Crippen molar-refractivity contribution in [1.82, 2.24) is 4.98 Å². The van der Waals surface area contributed by atoms with Crippen molar-refractivity contribution in [3.8, 4) is 11.6 Å². The average molecular weight is 365 g/mol. The number of hydrogen-bond donors (Lipinski definition) is 0. The largest absolute Gasteiger partial charge is 0.462 e. The van der Waals surface area contributed by atoms with Crippen molar-refractivity contribution < 1.29 is 27.4 Å². The second kappa shape index (κ2) is 6.63. The highest BCUT2D eigenvalue weighted by molar-refractivity contribution is 5.89. The standard InChI is InChI=1S/C19H18F3NO3/c1-3-25-17(24)12-10-15(20)16(23-11-12)26-14-6-4-13(5-7-14)19(8-9-19)18(2,21)22/h4-7,10-11H,3,8-9H2,1-2H3. The zero-order valence-corrected chi connectivity index (χ0v) is 14.4. The third kappa shape index (κ3) is 3.38. The monoisotopic (exact) mass is 365 g/mol. The molecule has 1 aliphatic rings. The van der Waals surface area contributed by atoms with E-state index in [9.17, 15) is 18.0 Å². The Morgan fingerprint density at radius 3 is 2.42 bits per heavy atom. The topological polar surface area (TPSA) is 48.4 Å². The summed E-state index contributed by atoms with van der Waals surface area (Å²) in [6, 6.07) is 7.10. The van der Waals surface area contributed by atoms with E-state index >= 15 is 0 Å². The molecule has 0 radical (unpaired) electrons. The molecule has 1 aromatic carbocycles. The first-order valence-corrected chi connectivity index (χ1v) is 8.26. The molecule has 2 aromatic rings. The summed E-state index contributed by atoms with van der Waals surface area (Å²) < 4.78 is 51.8. The van der Waals surface area contributed by atoms with Gasteiger partial charge in [0.2, 0.25) is 0 Å². The first kappa shape index (κ1) is 18.2. The Morgan fingerprint density at radius 1 is 1.27 bits per heavy atom. The van der Waals surface area contributed by atoms with Gasteiger partial charge in [-0.05, 0) is 43.5 Å². The minimum absolute atomic E-state index is 0.0205. The van der Waals surface area contributed by atoms with E-state index in [2.05, 4.69) is 4.98 Å². The number of aromatic nitrogens is 1. The zero-order valence-electron chi connectivity index (χ0n) is 14.4. The van der Waals surface area contributed by atoms with Crippen LogP contribution in [0, 0.1) is 5.82 Å². The minimum Gasteiger partial charge on any atom is -0.462 e. The lowest BCUT2D eigenvalue weighted by Crippen LogP contribution is -2.29. The first-order valence-electron chi connectivity index (χ1n) is 8.26. The number of carbonyl (C=O) groups is 1. The van der Waals surface area contributed by atoms with Gasteiger partial charge in [-0.3, -0.25) is 0 Å². The van der Waals surface area contributed by atoms with Crippen LogP contribution >= 0.6 is 0 Å². The fourth-order valence-electron chi connectivity index (χ4n) is 2.89. The number of esters is 1. The number of carbonyl (C=O) groups excluding carboxylic acids is 1. The molecule has 138 valence electrons. The van der Waals surface area contributed by atoms with Gasteiger partial charge in [-0.25, -0.2) is 22.9 Å². The number of pyridine rings is 1. The van der Waals surface area contributed by atoms with Crippen molar-refractivity contribution >= 4 is 5.97 Å². The second-order valence-corrected chi connectivity index (χ2v) is 6.33. The molecule has 1 fully saturated rings. The lowest BCUT2D eigenvalue weighted by molar-refractivity contribution is -0.0200. The molecule has 7 heteroatoms. The number of benzene rings is 1. The maximum Gasteiger partial charge on any atom is 0.339 e. The fourth-order valence-corrected chi connectivity index (χ4v) is 2.89. The van der Waals surface area contributed by atoms with E-state index in [0.717, 1.165) is 19.2 Å². The smallest absolute Gasteiger partial charge is 0.339 e. The number of halogens is 3. The molecule has 1 aliphatic carbocycles. The molecular weight excluding hydrogens is 347 g/mol. The Labute approximate surface area is 149 Å². The highest BCUT2D eigenvalue weighted by Crippen LogP contribution is 2.58. The summed E-state index contributed by atoms with van der Waals surface area (Å²) in [7, 11) is 0. The molecule has 0 bridgehead atoms. The van der Waals surface area contributed by atoms with Gasteiger partial charge in [-0.15, -0.1) is 0 Å². The van der Waals surface area contributed by atoms with Crippen molar-refractivity contribution in [2.45, 2.75) is 38.0 Å². The summed E-state index contributed by atoms with van der Waals surface area (Å²) in [6.07, 6.45) is 2.02. The van der Waals surface area contributed by atoms with Crippen LogP contribution in [0.5, 0.6) is 11.6 Å². The van der Waals surface area contributed by atoms with Gasteiger partial charge in [0.1, 0.15) is 5.75 Å². The lowest BCUT2D eigenvalue weighted by atomic mass is 9.90. The maximum atomic E-state index is 14.1. The SMILES string of the molecule is CCOC(=O)c1cnc(Oc2ccc(C3(C(C)(F)F)CC3)cc2)c(F)c1. The summed E-state index contributed by atoms with van der Waals surface area (Å²) in [6.45, 7) is 2.74. The van der Waals surface area contributed by atoms with Gasteiger partial charge in [0.15, 0.2) is 5.82 Å². The zero-order chi connectivity index (χ0) is 18.9. The molecule has 0 saturated heterocycles. The van der Waals surface area contributed by atoms with Crippen LogP contribution < -0.4 is 4.74 Å². The number of ether oxygens (including phenoxy) is 2. The van der Waals surface area contributed by atoms with Gasteiger partial charge in [0, 0.05) is 13.1 Å². The molecule has 1 aromatic heterocycles. The molecule has 3 rings (SSSR count). The van der Waals surface area contributed by atoms with E-state index in [1.54, 1.807) is 19.1 Å². The van der Waals surface area contributed by atoms with Gasteiger partial charge >= 0.3 is 5.97 Å². The lowest BCUT2D eigenvalue weighted by Gasteiger charge is -2.23. The molecule has 4 nitrogen and oxygen atoms in total. The quantitative estimate of drug-likeness (QED) is 0.685. The molecule has 0 unspecified atom stereocenters. The van der Waals surface area contributed by atoms with Crippen LogP contribution in [0.3, 0.4) is 0 Å². The molecule has 1 saturated carbocycles. The highest BCUT2D eigenvalue weighted by atomic mass is 19.3. The minimum atomic E-state index is -2.80. The van der Waals surface area contributed by atoms with Crippen LogP contribution in [0.15, 0.2) is 36.5 Å². The molecule has 0 amide bonds. The first-order chi connectivity index (χ1) is 12.3. The van der Waals surface area contributed by atoms with Gasteiger partial charge in [0.05, 0.1) is 17.6 Å². The van der Waals surface area contributed by atoms with Crippen molar-refractivity contribution in [3.05, 3.63) is 53.5 Å². The van der Waals surface area contributed by atoms with Crippen LogP contribution in [-0.4, -0.2) is 23.5 Å². The maximum absolute atomic E-state index is 14.1. The Bertz CT molecular complexity index is 812. The summed E-state index contributed by atoms with van der Waals surface area (Å²) in [5, 5.41) is 0. The summed E-state index contributed by atoms with van der Waals surface area (Å²) in [4.78, 5) is 15.3. The predicted molar refractivity (Wildman–Crippen MR) is 88.2 cm³/mol. The van der Waals surface area contributed by atoms with Gasteiger partial charge < -0.3 is 9.47 Å². The number of nitrogens with zero attached hydrogens (tertiary/aromatic N) is 1. The molecule has 1 heterocycles. The molecule has 0 atom stereocenters. The van der Waals surface area contributed by atoms with Crippen molar-refractivity contribution in [3.63, 3.8) is 0 Å². The van der Waals surface area contributed by atoms with Gasteiger partial charge in [-0.1, -0.05) is 12.1 Å². The van der Waals surface area contributed by atoms with Crippen molar-refractivity contribution in [2.75, 3.05) is 6.61 Å². The number of alkyl halides is 2. The molecule has 0 N–H and O–H groups in total. The fraction of sp³-hybridized carbons (Fsp3) is 0.368. The van der Waals surface area contributed by atoms with E-state index < -0.39 is 23.1 Å². The summed E-state index contributed by atoms with van der Waals surface area (Å²) in [5.41, 5.74) is -0.604. The Morgan fingerprint density at radius 2 is 1.92 bits per heavy atom. The van der Waals surface area contributed by atoms with Crippen LogP contribution in [0.4, 0.5) is 13.2 Å². The van der Waals surface area contributed by atoms with E-state index in [4.69, 9.17) is 9.47 Å². The van der Waals surface area contributed by atoms with E-state index in [1.807, 2.05) is 0 Å². The van der Waals surface area contributed by atoms with Gasteiger partial charge in [0.25, 0.3) is 11.8 Å². The van der Waals surface area contributed by atoms with E-state index in [-0.39, 0.29) is 23.8 Å². The Kier molecular flexibility index (Phi) is 4.64. The van der Waals surface area contributed by atoms with Crippen molar-refractivity contribution in [1.29, 1.82) is 0 Å². The van der Waals surface area contributed by atoms with Gasteiger partial charge in [-0.2, -0.15) is 0 Å². The van der Waals surface area contributed by atoms with E-state index in [1.165, 1.54) is 12.1 Å². The number of rotatable bonds is 6. The summed E-state index contributed by atoms with van der Waals surface area (Å²) in [5.74, 6) is -4.35. The third-order valence-corrected chi connectivity index (χ3v) is 4.53.